The first-order valence-electron chi connectivity index (χ1n) is 3.99. The van der Waals surface area contributed by atoms with Gasteiger partial charge in [-0.05, 0) is 18.1 Å². The minimum absolute atomic E-state index is 0.366. The molecule has 3 nitrogen and oxygen atoms in total. The molecule has 0 bridgehead atoms. The quantitative estimate of drug-likeness (QED) is 0.707. The third-order valence-corrected chi connectivity index (χ3v) is 2.34. The Morgan fingerprint density at radius 2 is 2.07 bits per heavy atom. The van der Waals surface area contributed by atoms with Gasteiger partial charge < -0.3 is 4.74 Å². The molecule has 0 saturated carbocycles. The van der Waals surface area contributed by atoms with Crippen LogP contribution in [0.5, 0.6) is 5.75 Å². The van der Waals surface area contributed by atoms with E-state index < -0.39 is 9.84 Å². The average Bonchev–Trinajstić information content (AvgIpc) is 2.14. The van der Waals surface area contributed by atoms with Crippen LogP contribution in [0.15, 0.2) is 18.2 Å². The number of hydrogen-bond donors (Lipinski definition) is 0. The van der Waals surface area contributed by atoms with Crippen molar-refractivity contribution in [2.75, 3.05) is 13.4 Å². The molecule has 0 atom stereocenters. The van der Waals surface area contributed by atoms with Crippen LogP contribution in [0.3, 0.4) is 0 Å². The molecule has 0 N–H and O–H groups in total. The van der Waals surface area contributed by atoms with Gasteiger partial charge in [0.05, 0.1) is 24.0 Å². The van der Waals surface area contributed by atoms with Crippen molar-refractivity contribution in [3.05, 3.63) is 28.8 Å². The highest BCUT2D eigenvalue weighted by atomic mass is 35.5. The second-order valence-electron chi connectivity index (χ2n) is 2.82. The number of methoxy groups -OCH3 is 1. The predicted molar refractivity (Wildman–Crippen MR) is 59.7 cm³/mol. The van der Waals surface area contributed by atoms with E-state index >= 15 is 0 Å². The lowest BCUT2D eigenvalue weighted by Crippen LogP contribution is -1.92. The topological polar surface area (TPSA) is 43.4 Å². The fourth-order valence-electron chi connectivity index (χ4n) is 0.939. The molecule has 1 aromatic rings. The van der Waals surface area contributed by atoms with Gasteiger partial charge in [-0.15, -0.1) is 0 Å². The van der Waals surface area contributed by atoms with Gasteiger partial charge in [-0.25, -0.2) is 8.42 Å². The van der Waals surface area contributed by atoms with Crippen LogP contribution in [-0.2, 0) is 9.84 Å². The van der Waals surface area contributed by atoms with Gasteiger partial charge in [0.2, 0.25) is 9.84 Å². The number of ether oxygens (including phenoxy) is 1. The van der Waals surface area contributed by atoms with Crippen LogP contribution < -0.4 is 4.74 Å². The lowest BCUT2D eigenvalue weighted by Gasteiger charge is -2.03. The Labute approximate surface area is 93.9 Å². The van der Waals surface area contributed by atoms with Crippen LogP contribution in [0, 0.1) is 11.2 Å². The van der Waals surface area contributed by atoms with Crippen LogP contribution in [-0.4, -0.2) is 21.8 Å². The van der Waals surface area contributed by atoms with Crippen molar-refractivity contribution < 1.29 is 13.2 Å². The number of hydrogen-bond acceptors (Lipinski definition) is 3. The maximum Gasteiger partial charge on any atom is 0.214 e. The van der Waals surface area contributed by atoms with Gasteiger partial charge in [0, 0.05) is 5.25 Å². The van der Waals surface area contributed by atoms with Crippen LogP contribution in [0.2, 0.25) is 5.02 Å². The zero-order valence-electron chi connectivity index (χ0n) is 8.24. The molecule has 1 aromatic carbocycles. The summed E-state index contributed by atoms with van der Waals surface area (Å²) >= 11 is 5.86. The van der Waals surface area contributed by atoms with Crippen LogP contribution in [0.4, 0.5) is 0 Å². The molecule has 0 spiro atoms. The highest BCUT2D eigenvalue weighted by Crippen LogP contribution is 2.24. The molecule has 80 valence electrons. The summed E-state index contributed by atoms with van der Waals surface area (Å²) in [6.45, 7) is 0. The van der Waals surface area contributed by atoms with E-state index in [9.17, 15) is 8.42 Å². The highest BCUT2D eigenvalue weighted by Gasteiger charge is 2.04. The van der Waals surface area contributed by atoms with Gasteiger partial charge in [-0.3, -0.25) is 0 Å². The van der Waals surface area contributed by atoms with Gasteiger partial charge in [0.25, 0.3) is 0 Å². The normalized spacial score (nSPS) is 10.3. The fourth-order valence-corrected chi connectivity index (χ4v) is 1.44. The zero-order chi connectivity index (χ0) is 11.5. The summed E-state index contributed by atoms with van der Waals surface area (Å²) in [6.07, 6.45) is 1.03. The van der Waals surface area contributed by atoms with E-state index in [4.69, 9.17) is 16.3 Å². The monoisotopic (exact) mass is 244 g/mol. The molecule has 0 aliphatic carbocycles. The third kappa shape index (κ3) is 3.46. The molecule has 0 saturated heterocycles. The summed E-state index contributed by atoms with van der Waals surface area (Å²) in [4.78, 5) is 0. The molecule has 0 heterocycles. The molecular formula is C10H9ClO3S. The van der Waals surface area contributed by atoms with E-state index in [1.54, 1.807) is 18.2 Å². The maximum absolute atomic E-state index is 10.9. The largest absolute Gasteiger partial charge is 0.495 e. The van der Waals surface area contributed by atoms with E-state index in [-0.39, 0.29) is 0 Å². The maximum atomic E-state index is 10.9. The van der Waals surface area contributed by atoms with E-state index in [0.717, 1.165) is 6.26 Å². The summed E-state index contributed by atoms with van der Waals surface area (Å²) < 4.78 is 26.7. The van der Waals surface area contributed by atoms with Crippen LogP contribution >= 0.6 is 11.6 Å². The second-order valence-corrected chi connectivity index (χ2v) is 4.97. The van der Waals surface area contributed by atoms with Crippen molar-refractivity contribution >= 4 is 21.4 Å². The molecule has 0 aliphatic heterocycles. The lowest BCUT2D eigenvalue weighted by atomic mass is 10.2. The fraction of sp³-hybridized carbons (Fsp3) is 0.200. The van der Waals surface area contributed by atoms with Crippen molar-refractivity contribution in [2.24, 2.45) is 0 Å². The summed E-state index contributed by atoms with van der Waals surface area (Å²) in [6, 6.07) is 4.99. The Balaban J connectivity index is 3.29. The molecule has 0 amide bonds. The van der Waals surface area contributed by atoms with Gasteiger partial charge >= 0.3 is 0 Å². The minimum atomic E-state index is -3.34. The lowest BCUT2D eigenvalue weighted by molar-refractivity contribution is 0.413. The Morgan fingerprint density at radius 1 is 1.40 bits per heavy atom. The van der Waals surface area contributed by atoms with E-state index in [0.29, 0.717) is 16.3 Å². The van der Waals surface area contributed by atoms with Crippen molar-refractivity contribution in [2.45, 2.75) is 0 Å². The molecule has 0 fully saturated rings. The van der Waals surface area contributed by atoms with Crippen molar-refractivity contribution in [1.82, 2.24) is 0 Å². The Hall–Kier alpha value is -1.18. The van der Waals surface area contributed by atoms with Gasteiger partial charge in [-0.2, -0.15) is 0 Å². The number of sulfone groups is 1. The standard InChI is InChI=1S/C10H9ClO3S/c1-14-10-5-3-4-9(11)8(10)6-7-15(2,12)13/h3-5H,1-2H3. The predicted octanol–water partition coefficient (Wildman–Crippen LogP) is 1.70. The van der Waals surface area contributed by atoms with E-state index in [1.165, 1.54) is 7.11 Å². The first-order chi connectivity index (χ1) is 6.94. The molecule has 0 radical (unpaired) electrons. The number of benzene rings is 1. The second kappa shape index (κ2) is 4.56. The summed E-state index contributed by atoms with van der Waals surface area (Å²) in [5.74, 6) is 2.93. The van der Waals surface area contributed by atoms with Crippen molar-refractivity contribution in [1.29, 1.82) is 0 Å². The summed E-state index contributed by atoms with van der Waals surface area (Å²) in [5, 5.41) is 2.48. The number of rotatable bonds is 1. The first-order valence-corrected chi connectivity index (χ1v) is 6.26. The van der Waals surface area contributed by atoms with E-state index in [1.807, 2.05) is 0 Å². The Morgan fingerprint density at radius 3 is 2.60 bits per heavy atom. The zero-order valence-corrected chi connectivity index (χ0v) is 9.82. The van der Waals surface area contributed by atoms with Crippen LogP contribution in [0.25, 0.3) is 0 Å². The SMILES string of the molecule is COc1cccc(Cl)c1C#CS(C)(=O)=O. The van der Waals surface area contributed by atoms with Crippen molar-refractivity contribution in [3.63, 3.8) is 0 Å². The minimum Gasteiger partial charge on any atom is -0.495 e. The Kier molecular flexibility index (Phi) is 3.61. The number of halogens is 1. The smallest absolute Gasteiger partial charge is 0.214 e. The molecule has 0 unspecified atom stereocenters. The van der Waals surface area contributed by atoms with Gasteiger partial charge in [0.1, 0.15) is 5.75 Å². The third-order valence-electron chi connectivity index (χ3n) is 1.56. The molecule has 15 heavy (non-hydrogen) atoms. The highest BCUT2D eigenvalue weighted by molar-refractivity contribution is 7.95. The molecule has 0 aliphatic rings. The van der Waals surface area contributed by atoms with Crippen molar-refractivity contribution in [3.8, 4) is 16.9 Å². The average molecular weight is 245 g/mol. The van der Waals surface area contributed by atoms with E-state index in [2.05, 4.69) is 11.2 Å². The van der Waals surface area contributed by atoms with Crippen LogP contribution in [0.1, 0.15) is 5.56 Å². The Bertz CT molecular complexity index is 523. The molecule has 1 rings (SSSR count). The molecule has 0 aromatic heterocycles. The van der Waals surface area contributed by atoms with Gasteiger partial charge in [-0.1, -0.05) is 17.7 Å². The molecule has 5 heteroatoms. The summed E-state index contributed by atoms with van der Waals surface area (Å²) in [5.41, 5.74) is 0.382. The first kappa shape index (κ1) is 11.9. The molecular weight excluding hydrogens is 236 g/mol. The van der Waals surface area contributed by atoms with Gasteiger partial charge in [0.15, 0.2) is 0 Å². The summed E-state index contributed by atoms with van der Waals surface area (Å²) in [7, 11) is -1.87.